The molecular formula is C19H23N5O3. The molecule has 0 radical (unpaired) electrons. The van der Waals surface area contributed by atoms with Gasteiger partial charge in [0.15, 0.2) is 5.82 Å². The van der Waals surface area contributed by atoms with Crippen LogP contribution < -0.4 is 0 Å². The molecule has 8 heteroatoms. The first kappa shape index (κ1) is 17.7. The summed E-state index contributed by atoms with van der Waals surface area (Å²) in [7, 11) is 0. The minimum atomic E-state index is -0.119. The molecule has 3 heterocycles. The monoisotopic (exact) mass is 369 g/mol. The lowest BCUT2D eigenvalue weighted by molar-refractivity contribution is 0.0289. The predicted molar refractivity (Wildman–Crippen MR) is 97.4 cm³/mol. The van der Waals surface area contributed by atoms with E-state index in [4.69, 9.17) is 4.74 Å². The Morgan fingerprint density at radius 2 is 1.74 bits per heavy atom. The molecule has 2 aromatic rings. The summed E-state index contributed by atoms with van der Waals surface area (Å²) in [5.41, 5.74) is 2.81. The number of carbonyl (C=O) groups is 2. The first-order chi connectivity index (χ1) is 13.1. The first-order valence-electron chi connectivity index (χ1n) is 9.21. The molecule has 0 unspecified atom stereocenters. The van der Waals surface area contributed by atoms with Crippen molar-refractivity contribution in [3.8, 4) is 0 Å². The minimum absolute atomic E-state index is 0.00786. The fraction of sp³-hybridized carbons (Fsp3) is 0.474. The first-order valence-corrected chi connectivity index (χ1v) is 9.21. The maximum absolute atomic E-state index is 13.0. The van der Waals surface area contributed by atoms with Gasteiger partial charge in [-0.1, -0.05) is 12.1 Å². The summed E-state index contributed by atoms with van der Waals surface area (Å²) in [6.07, 6.45) is 0. The maximum Gasteiger partial charge on any atom is 0.291 e. The van der Waals surface area contributed by atoms with Crippen molar-refractivity contribution in [1.82, 2.24) is 24.6 Å². The van der Waals surface area contributed by atoms with E-state index in [1.807, 2.05) is 36.6 Å². The van der Waals surface area contributed by atoms with E-state index >= 15 is 0 Å². The molecule has 4 rings (SSSR count). The van der Waals surface area contributed by atoms with Gasteiger partial charge >= 0.3 is 0 Å². The molecule has 0 bridgehead atoms. The lowest BCUT2D eigenvalue weighted by Gasteiger charge is -2.30. The van der Waals surface area contributed by atoms with Crippen molar-refractivity contribution in [2.75, 3.05) is 32.8 Å². The summed E-state index contributed by atoms with van der Waals surface area (Å²) < 4.78 is 7.14. The van der Waals surface area contributed by atoms with E-state index in [1.54, 1.807) is 9.80 Å². The van der Waals surface area contributed by atoms with Crippen molar-refractivity contribution in [1.29, 1.82) is 0 Å². The molecule has 8 nitrogen and oxygen atoms in total. The Bertz CT molecular complexity index is 885. The van der Waals surface area contributed by atoms with Gasteiger partial charge in [-0.05, 0) is 31.0 Å². The van der Waals surface area contributed by atoms with Crippen molar-refractivity contribution in [2.24, 2.45) is 0 Å². The van der Waals surface area contributed by atoms with E-state index in [9.17, 15) is 9.59 Å². The Morgan fingerprint density at radius 3 is 2.52 bits per heavy atom. The Labute approximate surface area is 157 Å². The van der Waals surface area contributed by atoms with Crippen LogP contribution in [0.5, 0.6) is 0 Å². The molecule has 1 aromatic carbocycles. The lowest BCUT2D eigenvalue weighted by atomic mass is 10.0. The number of hydrogen-bond donors (Lipinski definition) is 0. The third-order valence-corrected chi connectivity index (χ3v) is 5.37. The number of carbonyl (C=O) groups excluding carboxylic acids is 2. The molecule has 0 spiro atoms. The molecule has 142 valence electrons. The molecule has 0 aliphatic carbocycles. The van der Waals surface area contributed by atoms with Gasteiger partial charge in [0.1, 0.15) is 0 Å². The van der Waals surface area contributed by atoms with Crippen LogP contribution in [0.4, 0.5) is 0 Å². The second-order valence-corrected chi connectivity index (χ2v) is 6.97. The highest BCUT2D eigenvalue weighted by molar-refractivity contribution is 5.96. The largest absolute Gasteiger partial charge is 0.378 e. The number of benzene rings is 1. The third kappa shape index (κ3) is 3.21. The van der Waals surface area contributed by atoms with Gasteiger partial charge in [-0.2, -0.15) is 0 Å². The average molecular weight is 369 g/mol. The fourth-order valence-electron chi connectivity index (χ4n) is 3.55. The second kappa shape index (κ2) is 7.11. The normalized spacial score (nSPS) is 17.0. The standard InChI is InChI=1S/C19H23N5O3/c1-13-4-3-5-15(14(13)2)18(25)23-6-7-24-16(12-23)20-21-17(24)19(26)22-8-10-27-11-9-22/h3-5H,6-12H2,1-2H3. The van der Waals surface area contributed by atoms with E-state index in [0.717, 1.165) is 11.1 Å². The van der Waals surface area contributed by atoms with E-state index < -0.39 is 0 Å². The highest BCUT2D eigenvalue weighted by atomic mass is 16.5. The summed E-state index contributed by atoms with van der Waals surface area (Å²) in [5, 5.41) is 8.29. The number of ether oxygens (including phenoxy) is 1. The zero-order valence-electron chi connectivity index (χ0n) is 15.6. The van der Waals surface area contributed by atoms with Crippen molar-refractivity contribution in [3.05, 3.63) is 46.5 Å². The average Bonchev–Trinajstić information content (AvgIpc) is 3.13. The molecule has 27 heavy (non-hydrogen) atoms. The van der Waals surface area contributed by atoms with Gasteiger partial charge in [0.05, 0.1) is 19.8 Å². The van der Waals surface area contributed by atoms with Gasteiger partial charge in [-0.15, -0.1) is 10.2 Å². The van der Waals surface area contributed by atoms with Gasteiger partial charge < -0.3 is 19.1 Å². The van der Waals surface area contributed by atoms with Gasteiger partial charge in [0.25, 0.3) is 11.8 Å². The molecule has 2 amide bonds. The van der Waals surface area contributed by atoms with E-state index in [-0.39, 0.29) is 11.8 Å². The number of rotatable bonds is 2. The van der Waals surface area contributed by atoms with Gasteiger partial charge in [-0.25, -0.2) is 0 Å². The number of morpholine rings is 1. The van der Waals surface area contributed by atoms with Crippen molar-refractivity contribution in [3.63, 3.8) is 0 Å². The summed E-state index contributed by atoms with van der Waals surface area (Å²) >= 11 is 0. The fourth-order valence-corrected chi connectivity index (χ4v) is 3.55. The van der Waals surface area contributed by atoms with Crippen molar-refractivity contribution < 1.29 is 14.3 Å². The zero-order chi connectivity index (χ0) is 19.0. The summed E-state index contributed by atoms with van der Waals surface area (Å²) in [4.78, 5) is 29.2. The quantitative estimate of drug-likeness (QED) is 0.790. The van der Waals surface area contributed by atoms with Crippen LogP contribution in [0.25, 0.3) is 0 Å². The lowest BCUT2D eigenvalue weighted by Crippen LogP contribution is -2.43. The molecule has 2 aliphatic rings. The Kier molecular flexibility index (Phi) is 4.65. The van der Waals surface area contributed by atoms with Gasteiger partial charge in [-0.3, -0.25) is 9.59 Å². The second-order valence-electron chi connectivity index (χ2n) is 6.97. The molecule has 1 aromatic heterocycles. The number of nitrogens with zero attached hydrogens (tertiary/aromatic N) is 5. The third-order valence-electron chi connectivity index (χ3n) is 5.37. The number of aromatic nitrogens is 3. The van der Waals surface area contributed by atoms with Crippen molar-refractivity contribution >= 4 is 11.8 Å². The Morgan fingerprint density at radius 1 is 0.963 bits per heavy atom. The van der Waals surface area contributed by atoms with Crippen LogP contribution in [0.1, 0.15) is 37.9 Å². The molecule has 0 atom stereocenters. The molecule has 1 fully saturated rings. The van der Waals surface area contributed by atoms with Crippen LogP contribution in [0.15, 0.2) is 18.2 Å². The number of aryl methyl sites for hydroxylation is 1. The Hall–Kier alpha value is -2.74. The van der Waals surface area contributed by atoms with Crippen LogP contribution in [-0.2, 0) is 17.8 Å². The minimum Gasteiger partial charge on any atom is -0.378 e. The summed E-state index contributed by atoms with van der Waals surface area (Å²) in [6.45, 7) is 7.60. The van der Waals surface area contributed by atoms with Gasteiger partial charge in [0.2, 0.25) is 5.82 Å². The SMILES string of the molecule is Cc1cccc(C(=O)N2CCn3c(nnc3C(=O)N3CCOCC3)C2)c1C. The van der Waals surface area contributed by atoms with Crippen LogP contribution >= 0.6 is 0 Å². The highest BCUT2D eigenvalue weighted by Crippen LogP contribution is 2.20. The summed E-state index contributed by atoms with van der Waals surface area (Å²) in [5.74, 6) is 0.875. The van der Waals surface area contributed by atoms with E-state index in [1.165, 1.54) is 0 Å². The topological polar surface area (TPSA) is 80.6 Å². The van der Waals surface area contributed by atoms with Crippen LogP contribution in [0, 0.1) is 13.8 Å². The maximum atomic E-state index is 13.0. The van der Waals surface area contributed by atoms with Crippen molar-refractivity contribution in [2.45, 2.75) is 26.9 Å². The molecule has 0 N–H and O–H groups in total. The van der Waals surface area contributed by atoms with Crippen LogP contribution in [-0.4, -0.2) is 69.2 Å². The summed E-state index contributed by atoms with van der Waals surface area (Å²) in [6, 6.07) is 5.76. The highest BCUT2D eigenvalue weighted by Gasteiger charge is 2.30. The van der Waals surface area contributed by atoms with E-state index in [2.05, 4.69) is 10.2 Å². The number of fused-ring (bicyclic) bond motifs is 1. The molecule has 1 saturated heterocycles. The predicted octanol–water partition coefficient (Wildman–Crippen LogP) is 1.02. The zero-order valence-corrected chi connectivity index (χ0v) is 15.6. The smallest absolute Gasteiger partial charge is 0.291 e. The molecular weight excluding hydrogens is 346 g/mol. The Balaban J connectivity index is 1.53. The number of amides is 2. The van der Waals surface area contributed by atoms with E-state index in [0.29, 0.717) is 63.1 Å². The molecule has 2 aliphatic heterocycles. The van der Waals surface area contributed by atoms with Gasteiger partial charge in [0, 0.05) is 31.7 Å². The number of hydrogen-bond acceptors (Lipinski definition) is 5. The van der Waals surface area contributed by atoms with Crippen LogP contribution in [0.2, 0.25) is 0 Å². The molecule has 0 saturated carbocycles. The van der Waals surface area contributed by atoms with Crippen LogP contribution in [0.3, 0.4) is 0 Å².